The molecule has 0 aromatic rings. The van der Waals surface area contributed by atoms with Gasteiger partial charge in [-0.25, -0.2) is 4.79 Å². The van der Waals surface area contributed by atoms with Crippen molar-refractivity contribution < 1.29 is 24.0 Å². The third-order valence-corrected chi connectivity index (χ3v) is 3.79. The molecule has 1 saturated heterocycles. The van der Waals surface area contributed by atoms with Crippen molar-refractivity contribution in [1.82, 2.24) is 9.96 Å². The zero-order valence-corrected chi connectivity index (χ0v) is 14.5. The van der Waals surface area contributed by atoms with Crippen LogP contribution in [0.25, 0.3) is 0 Å². The molecular weight excluding hydrogens is 300 g/mol. The van der Waals surface area contributed by atoms with Gasteiger partial charge in [0.15, 0.2) is 5.78 Å². The Labute approximate surface area is 136 Å². The lowest BCUT2D eigenvalue weighted by Crippen LogP contribution is -2.39. The highest BCUT2D eigenvalue weighted by Gasteiger charge is 2.35. The summed E-state index contributed by atoms with van der Waals surface area (Å²) in [5.74, 6) is -2.18. The quantitative estimate of drug-likeness (QED) is 0.623. The molecule has 0 saturated carbocycles. The Morgan fingerprint density at radius 1 is 1.13 bits per heavy atom. The lowest BCUT2D eigenvalue weighted by molar-refractivity contribution is -0.200. The molecule has 1 aliphatic heterocycles. The van der Waals surface area contributed by atoms with Crippen molar-refractivity contribution in [3.05, 3.63) is 0 Å². The average molecular weight is 326 g/mol. The molecule has 0 bridgehead atoms. The van der Waals surface area contributed by atoms with E-state index in [1.54, 1.807) is 6.92 Å². The number of Topliss-reactive ketones (excluding diaryl/α,β-unsaturated/α-hetero) is 1. The molecule has 0 aromatic heterocycles. The van der Waals surface area contributed by atoms with Gasteiger partial charge in [0.25, 0.3) is 11.8 Å². The molecule has 130 valence electrons. The highest BCUT2D eigenvalue weighted by Crippen LogP contribution is 2.18. The Kier molecular flexibility index (Phi) is 6.87. The van der Waals surface area contributed by atoms with Gasteiger partial charge in [0.2, 0.25) is 0 Å². The summed E-state index contributed by atoms with van der Waals surface area (Å²) in [5.41, 5.74) is 0. The van der Waals surface area contributed by atoms with E-state index in [0.29, 0.717) is 17.4 Å². The highest BCUT2D eigenvalue weighted by atomic mass is 16.7. The van der Waals surface area contributed by atoms with E-state index in [1.165, 1.54) is 0 Å². The fourth-order valence-corrected chi connectivity index (χ4v) is 2.44. The molecule has 1 aliphatic rings. The van der Waals surface area contributed by atoms with Crippen molar-refractivity contribution in [3.63, 3.8) is 0 Å². The van der Waals surface area contributed by atoms with Crippen LogP contribution in [0.1, 0.15) is 46.5 Å². The minimum absolute atomic E-state index is 0.0185. The minimum atomic E-state index is -0.732. The van der Waals surface area contributed by atoms with Crippen LogP contribution in [0.15, 0.2) is 0 Å². The Hall–Kier alpha value is -1.76. The molecule has 2 unspecified atom stereocenters. The molecule has 0 N–H and O–H groups in total. The summed E-state index contributed by atoms with van der Waals surface area (Å²) in [6.07, 6.45) is 0.828. The number of amides is 2. The zero-order valence-electron chi connectivity index (χ0n) is 14.5. The van der Waals surface area contributed by atoms with Crippen LogP contribution in [0.3, 0.4) is 0 Å². The summed E-state index contributed by atoms with van der Waals surface area (Å²) in [6.45, 7) is 5.63. The van der Waals surface area contributed by atoms with Gasteiger partial charge in [-0.05, 0) is 26.4 Å². The summed E-state index contributed by atoms with van der Waals surface area (Å²) < 4.78 is 0. The van der Waals surface area contributed by atoms with Crippen LogP contribution in [0.4, 0.5) is 0 Å². The van der Waals surface area contributed by atoms with Gasteiger partial charge in [-0.2, -0.15) is 0 Å². The first-order valence-corrected chi connectivity index (χ1v) is 7.90. The number of ketones is 1. The summed E-state index contributed by atoms with van der Waals surface area (Å²) in [6, 6.07) is -0.264. The number of nitrogens with zero attached hydrogens (tertiary/aromatic N) is 2. The van der Waals surface area contributed by atoms with Gasteiger partial charge in [0.05, 0.1) is 12.0 Å². The lowest BCUT2D eigenvalue weighted by Gasteiger charge is -2.25. The normalized spacial score (nSPS) is 17.8. The molecule has 2 amide bonds. The van der Waals surface area contributed by atoms with Gasteiger partial charge < -0.3 is 4.84 Å². The number of hydroxylamine groups is 2. The summed E-state index contributed by atoms with van der Waals surface area (Å²) >= 11 is 0. The van der Waals surface area contributed by atoms with Crippen LogP contribution in [0.5, 0.6) is 0 Å². The number of rotatable bonds is 8. The molecule has 1 rings (SSSR count). The van der Waals surface area contributed by atoms with Crippen molar-refractivity contribution >= 4 is 23.6 Å². The molecule has 0 spiro atoms. The second-order valence-electron chi connectivity index (χ2n) is 6.67. The molecule has 23 heavy (non-hydrogen) atoms. The van der Waals surface area contributed by atoms with E-state index in [2.05, 4.69) is 0 Å². The molecular formula is C16H26N2O5. The topological polar surface area (TPSA) is 84.0 Å². The van der Waals surface area contributed by atoms with Crippen LogP contribution in [0.2, 0.25) is 0 Å². The minimum Gasteiger partial charge on any atom is -0.330 e. The Morgan fingerprint density at radius 3 is 2.09 bits per heavy atom. The molecule has 7 nitrogen and oxygen atoms in total. The fourth-order valence-electron chi connectivity index (χ4n) is 2.44. The number of likely N-dealkylation sites (N-methyl/N-ethyl adjacent to an activating group) is 1. The van der Waals surface area contributed by atoms with Gasteiger partial charge in [-0.15, -0.1) is 5.06 Å². The molecule has 1 heterocycles. The second kappa shape index (κ2) is 8.19. The van der Waals surface area contributed by atoms with E-state index in [4.69, 9.17) is 4.84 Å². The number of carbonyl (C=O) groups excluding carboxylic acids is 4. The number of carbonyl (C=O) groups is 4. The Balaban J connectivity index is 2.61. The average Bonchev–Trinajstić information content (AvgIpc) is 2.75. The highest BCUT2D eigenvalue weighted by molar-refractivity contribution is 6.01. The maximum absolute atomic E-state index is 12.4. The maximum atomic E-state index is 12.4. The van der Waals surface area contributed by atoms with Crippen LogP contribution < -0.4 is 0 Å². The van der Waals surface area contributed by atoms with E-state index in [-0.39, 0.29) is 31.1 Å². The second-order valence-corrected chi connectivity index (χ2v) is 6.67. The van der Waals surface area contributed by atoms with Crippen LogP contribution >= 0.6 is 0 Å². The first-order chi connectivity index (χ1) is 10.6. The van der Waals surface area contributed by atoms with Crippen molar-refractivity contribution in [2.75, 3.05) is 14.1 Å². The molecule has 7 heteroatoms. The summed E-state index contributed by atoms with van der Waals surface area (Å²) in [4.78, 5) is 54.0. The Bertz CT molecular complexity index is 471. The van der Waals surface area contributed by atoms with Crippen LogP contribution in [-0.2, 0) is 24.0 Å². The molecule has 0 aliphatic carbocycles. The SMILES string of the molecule is CC(C)CC(C(=O)CC(C)C(=O)ON1C(=O)CCC1=O)N(C)C. The molecule has 0 aromatic carbocycles. The fraction of sp³-hybridized carbons (Fsp3) is 0.750. The monoisotopic (exact) mass is 326 g/mol. The van der Waals surface area contributed by atoms with E-state index >= 15 is 0 Å². The summed E-state index contributed by atoms with van der Waals surface area (Å²) in [7, 11) is 3.66. The van der Waals surface area contributed by atoms with Gasteiger partial charge in [-0.1, -0.05) is 20.8 Å². The van der Waals surface area contributed by atoms with Crippen LogP contribution in [-0.4, -0.2) is 53.7 Å². The van der Waals surface area contributed by atoms with Gasteiger partial charge in [-0.3, -0.25) is 19.3 Å². The predicted octanol–water partition coefficient (Wildman–Crippen LogP) is 1.17. The summed E-state index contributed by atoms with van der Waals surface area (Å²) in [5, 5.41) is 0.515. The first kappa shape index (κ1) is 19.3. The predicted molar refractivity (Wildman–Crippen MR) is 82.9 cm³/mol. The van der Waals surface area contributed by atoms with Gasteiger partial charge >= 0.3 is 5.97 Å². The molecule has 0 radical (unpaired) electrons. The van der Waals surface area contributed by atoms with Gasteiger partial charge in [0, 0.05) is 19.3 Å². The first-order valence-electron chi connectivity index (χ1n) is 7.90. The van der Waals surface area contributed by atoms with E-state index in [9.17, 15) is 19.2 Å². The third-order valence-electron chi connectivity index (χ3n) is 3.79. The van der Waals surface area contributed by atoms with E-state index < -0.39 is 23.7 Å². The molecule has 2 atom stereocenters. The van der Waals surface area contributed by atoms with Crippen molar-refractivity contribution in [1.29, 1.82) is 0 Å². The maximum Gasteiger partial charge on any atom is 0.336 e. The zero-order chi connectivity index (χ0) is 17.7. The number of imide groups is 1. The van der Waals surface area contributed by atoms with Gasteiger partial charge in [0.1, 0.15) is 0 Å². The number of hydrogen-bond acceptors (Lipinski definition) is 6. The van der Waals surface area contributed by atoms with Crippen LogP contribution in [0, 0.1) is 11.8 Å². The lowest BCUT2D eigenvalue weighted by atomic mass is 9.94. The smallest absolute Gasteiger partial charge is 0.330 e. The van der Waals surface area contributed by atoms with Crippen molar-refractivity contribution in [3.8, 4) is 0 Å². The van der Waals surface area contributed by atoms with Crippen molar-refractivity contribution in [2.45, 2.75) is 52.5 Å². The largest absolute Gasteiger partial charge is 0.336 e. The number of hydrogen-bond donors (Lipinski definition) is 0. The van der Waals surface area contributed by atoms with Crippen molar-refractivity contribution in [2.24, 2.45) is 11.8 Å². The van der Waals surface area contributed by atoms with E-state index in [1.807, 2.05) is 32.8 Å². The molecule has 1 fully saturated rings. The third kappa shape index (κ3) is 5.42. The standard InChI is InChI=1S/C16H26N2O5/c1-10(2)8-12(17(4)5)13(19)9-11(3)16(22)23-18-14(20)6-7-15(18)21/h10-12H,6-9H2,1-5H3. The Morgan fingerprint density at radius 2 is 1.65 bits per heavy atom. The van der Waals surface area contributed by atoms with E-state index in [0.717, 1.165) is 0 Å².